The fourth-order valence-electron chi connectivity index (χ4n) is 3.33. The Hall–Kier alpha value is -5.52. The summed E-state index contributed by atoms with van der Waals surface area (Å²) in [7, 11) is 0. The van der Waals surface area contributed by atoms with Crippen molar-refractivity contribution in [3.63, 3.8) is 0 Å². The molecule has 3 aromatic rings. The SMILES string of the molecule is CC(=O)Oc1cccc(NC(=O)c2cc(C(=O)Nc3cccc(OC(C)=O)c3)c(C(=O)O)cc2C(=O)O)c1. The number of amides is 2. The van der Waals surface area contributed by atoms with Crippen LogP contribution >= 0.6 is 0 Å². The molecule has 0 radical (unpaired) electrons. The Morgan fingerprint density at radius 1 is 0.579 bits per heavy atom. The van der Waals surface area contributed by atoms with Gasteiger partial charge in [-0.05, 0) is 36.4 Å². The second-order valence-corrected chi connectivity index (χ2v) is 7.70. The normalized spacial score (nSPS) is 10.2. The minimum atomic E-state index is -1.60. The first-order chi connectivity index (χ1) is 17.9. The Labute approximate surface area is 214 Å². The zero-order valence-corrected chi connectivity index (χ0v) is 19.9. The monoisotopic (exact) mass is 520 g/mol. The fraction of sp³-hybridized carbons (Fsp3) is 0.0769. The Bertz CT molecular complexity index is 1370. The van der Waals surface area contributed by atoms with Gasteiger partial charge in [0.05, 0.1) is 22.3 Å². The first kappa shape index (κ1) is 27.1. The largest absolute Gasteiger partial charge is 0.478 e. The van der Waals surface area contributed by atoms with Gasteiger partial charge in [0, 0.05) is 37.4 Å². The van der Waals surface area contributed by atoms with Crippen molar-refractivity contribution < 1.29 is 48.5 Å². The average molecular weight is 520 g/mol. The molecule has 0 heterocycles. The summed E-state index contributed by atoms with van der Waals surface area (Å²) < 4.78 is 9.91. The van der Waals surface area contributed by atoms with Crippen LogP contribution in [0.15, 0.2) is 60.7 Å². The van der Waals surface area contributed by atoms with Crippen LogP contribution in [0.25, 0.3) is 0 Å². The van der Waals surface area contributed by atoms with Crippen LogP contribution in [0, 0.1) is 0 Å². The summed E-state index contributed by atoms with van der Waals surface area (Å²) in [5.74, 6) is -6.10. The number of hydrogen-bond acceptors (Lipinski definition) is 8. The lowest BCUT2D eigenvalue weighted by atomic mass is 9.96. The molecule has 0 unspecified atom stereocenters. The molecule has 4 N–H and O–H groups in total. The van der Waals surface area contributed by atoms with Gasteiger partial charge in [0.2, 0.25) is 0 Å². The van der Waals surface area contributed by atoms with E-state index in [-0.39, 0.29) is 22.9 Å². The molecule has 0 saturated heterocycles. The van der Waals surface area contributed by atoms with E-state index in [2.05, 4.69) is 10.6 Å². The average Bonchev–Trinajstić information content (AvgIpc) is 2.82. The molecule has 0 fully saturated rings. The number of carbonyl (C=O) groups excluding carboxylic acids is 4. The second-order valence-electron chi connectivity index (χ2n) is 7.70. The number of carbonyl (C=O) groups is 6. The van der Waals surface area contributed by atoms with E-state index in [0.717, 1.165) is 6.07 Å². The maximum atomic E-state index is 13.0. The van der Waals surface area contributed by atoms with Crippen molar-refractivity contribution in [2.75, 3.05) is 10.6 Å². The van der Waals surface area contributed by atoms with Crippen LogP contribution in [0.4, 0.5) is 11.4 Å². The molecule has 0 aromatic heterocycles. The smallest absolute Gasteiger partial charge is 0.336 e. The van der Waals surface area contributed by atoms with Gasteiger partial charge < -0.3 is 30.3 Å². The van der Waals surface area contributed by atoms with Gasteiger partial charge in [-0.2, -0.15) is 0 Å². The minimum absolute atomic E-state index is 0.117. The standard InChI is InChI=1S/C26H20N2O10/c1-13(29)37-17-7-3-5-15(9-17)27-23(31)19-11-20(22(26(35)36)12-21(19)25(33)34)24(32)28-16-6-4-8-18(10-16)38-14(2)30/h3-12H,1-2H3,(H,27,31)(H,28,32)(H,33,34)(H,35,36). The number of carboxylic acids is 2. The van der Waals surface area contributed by atoms with Gasteiger partial charge in [0.25, 0.3) is 11.8 Å². The Morgan fingerprint density at radius 3 is 1.29 bits per heavy atom. The molecule has 0 saturated carbocycles. The number of rotatable bonds is 8. The van der Waals surface area contributed by atoms with Gasteiger partial charge >= 0.3 is 23.9 Å². The molecule has 0 aliphatic rings. The number of ether oxygens (including phenoxy) is 2. The van der Waals surface area contributed by atoms with E-state index in [4.69, 9.17) is 9.47 Å². The van der Waals surface area contributed by atoms with E-state index in [9.17, 15) is 39.0 Å². The molecule has 3 rings (SSSR count). The highest BCUT2D eigenvalue weighted by molar-refractivity contribution is 6.16. The number of anilines is 2. The van der Waals surface area contributed by atoms with Crippen molar-refractivity contribution in [2.45, 2.75) is 13.8 Å². The molecule has 12 heteroatoms. The van der Waals surface area contributed by atoms with Gasteiger partial charge in [-0.15, -0.1) is 0 Å². The topological polar surface area (TPSA) is 185 Å². The summed E-state index contributed by atoms with van der Waals surface area (Å²) in [6.07, 6.45) is 0. The first-order valence-corrected chi connectivity index (χ1v) is 10.8. The Kier molecular flexibility index (Phi) is 8.18. The van der Waals surface area contributed by atoms with Crippen LogP contribution in [-0.2, 0) is 9.59 Å². The van der Waals surface area contributed by atoms with Crippen molar-refractivity contribution >= 4 is 47.1 Å². The first-order valence-electron chi connectivity index (χ1n) is 10.8. The number of esters is 2. The Morgan fingerprint density at radius 2 is 0.947 bits per heavy atom. The summed E-state index contributed by atoms with van der Waals surface area (Å²) in [4.78, 5) is 72.1. The lowest BCUT2D eigenvalue weighted by molar-refractivity contribution is -0.132. The van der Waals surface area contributed by atoms with Gasteiger partial charge in [0.1, 0.15) is 11.5 Å². The van der Waals surface area contributed by atoms with Crippen molar-refractivity contribution in [2.24, 2.45) is 0 Å². The molecule has 0 bridgehead atoms. The molecular weight excluding hydrogens is 500 g/mol. The third-order valence-electron chi connectivity index (χ3n) is 4.81. The lowest BCUT2D eigenvalue weighted by Gasteiger charge is -2.14. The molecule has 0 atom stereocenters. The van der Waals surface area contributed by atoms with Crippen LogP contribution in [0.1, 0.15) is 55.3 Å². The highest BCUT2D eigenvalue weighted by Gasteiger charge is 2.26. The zero-order chi connectivity index (χ0) is 28.0. The number of hydrogen-bond donors (Lipinski definition) is 4. The third-order valence-corrected chi connectivity index (χ3v) is 4.81. The van der Waals surface area contributed by atoms with Crippen molar-refractivity contribution in [1.82, 2.24) is 0 Å². The van der Waals surface area contributed by atoms with Crippen LogP contribution < -0.4 is 20.1 Å². The Balaban J connectivity index is 2.00. The van der Waals surface area contributed by atoms with E-state index in [1.807, 2.05) is 0 Å². The summed E-state index contributed by atoms with van der Waals surface area (Å²) in [5.41, 5.74) is -2.05. The minimum Gasteiger partial charge on any atom is -0.478 e. The summed E-state index contributed by atoms with van der Waals surface area (Å²) in [6.45, 7) is 2.38. The van der Waals surface area contributed by atoms with E-state index >= 15 is 0 Å². The van der Waals surface area contributed by atoms with Crippen LogP contribution in [0.3, 0.4) is 0 Å². The molecule has 38 heavy (non-hydrogen) atoms. The molecule has 194 valence electrons. The van der Waals surface area contributed by atoms with Crippen LogP contribution in [0.5, 0.6) is 11.5 Å². The van der Waals surface area contributed by atoms with Gasteiger partial charge in [-0.3, -0.25) is 19.2 Å². The molecule has 12 nitrogen and oxygen atoms in total. The number of aromatic carboxylic acids is 2. The molecule has 2 amide bonds. The predicted molar refractivity (Wildman–Crippen MR) is 132 cm³/mol. The summed E-state index contributed by atoms with van der Waals surface area (Å²) in [5, 5.41) is 24.1. The highest BCUT2D eigenvalue weighted by atomic mass is 16.5. The van der Waals surface area contributed by atoms with Gasteiger partial charge in [-0.25, -0.2) is 9.59 Å². The van der Waals surface area contributed by atoms with Gasteiger partial charge in [0.15, 0.2) is 0 Å². The van der Waals surface area contributed by atoms with Crippen molar-refractivity contribution in [3.8, 4) is 11.5 Å². The molecule has 0 aliphatic carbocycles. The van der Waals surface area contributed by atoms with E-state index < -0.39 is 57.9 Å². The van der Waals surface area contributed by atoms with Gasteiger partial charge in [-0.1, -0.05) is 12.1 Å². The van der Waals surface area contributed by atoms with Crippen LogP contribution in [0.2, 0.25) is 0 Å². The van der Waals surface area contributed by atoms with Crippen LogP contribution in [-0.4, -0.2) is 45.9 Å². The number of carboxylic acid groups (broad SMARTS) is 2. The maximum Gasteiger partial charge on any atom is 0.336 e. The fourth-order valence-corrected chi connectivity index (χ4v) is 3.33. The third kappa shape index (κ3) is 6.79. The second kappa shape index (κ2) is 11.5. The maximum absolute atomic E-state index is 13.0. The molecule has 0 aliphatic heterocycles. The number of benzene rings is 3. The molecule has 3 aromatic carbocycles. The summed E-state index contributed by atoms with van der Waals surface area (Å²) in [6, 6.07) is 12.9. The number of nitrogens with one attached hydrogen (secondary N) is 2. The van der Waals surface area contributed by atoms with Crippen molar-refractivity contribution in [3.05, 3.63) is 82.9 Å². The highest BCUT2D eigenvalue weighted by Crippen LogP contribution is 2.24. The summed E-state index contributed by atoms with van der Waals surface area (Å²) >= 11 is 0. The quantitative estimate of drug-likeness (QED) is 0.253. The lowest BCUT2D eigenvalue weighted by Crippen LogP contribution is -2.22. The van der Waals surface area contributed by atoms with E-state index in [1.165, 1.54) is 62.4 Å². The zero-order valence-electron chi connectivity index (χ0n) is 19.9. The molecule has 0 spiro atoms. The van der Waals surface area contributed by atoms with E-state index in [0.29, 0.717) is 6.07 Å². The molecular formula is C26H20N2O10. The predicted octanol–water partition coefficient (Wildman–Crippen LogP) is 3.44. The van der Waals surface area contributed by atoms with Crippen molar-refractivity contribution in [1.29, 1.82) is 0 Å². The van der Waals surface area contributed by atoms with E-state index in [1.54, 1.807) is 0 Å².